The minimum absolute atomic E-state index is 0.219. The van der Waals surface area contributed by atoms with Crippen LogP contribution in [-0.4, -0.2) is 36.1 Å². The van der Waals surface area contributed by atoms with Crippen molar-refractivity contribution in [1.82, 2.24) is 10.2 Å². The molecule has 1 saturated heterocycles. The number of nitrogens with zero attached hydrogens (tertiary/aromatic N) is 1. The first kappa shape index (κ1) is 18.0. The Balaban J connectivity index is 2.69. The Morgan fingerprint density at radius 3 is 2.20 bits per heavy atom. The van der Waals surface area contributed by atoms with Crippen LogP contribution in [0.25, 0.3) is 0 Å². The molecule has 2 heteroatoms. The van der Waals surface area contributed by atoms with Crippen molar-refractivity contribution in [1.29, 1.82) is 0 Å². The molecule has 0 spiro atoms. The van der Waals surface area contributed by atoms with Crippen LogP contribution in [0, 0.1) is 11.3 Å². The molecule has 120 valence electrons. The van der Waals surface area contributed by atoms with Crippen molar-refractivity contribution in [3.8, 4) is 0 Å². The lowest BCUT2D eigenvalue weighted by Gasteiger charge is -2.45. The highest BCUT2D eigenvalue weighted by molar-refractivity contribution is 4.89. The Kier molecular flexibility index (Phi) is 6.53. The molecule has 0 aromatic rings. The van der Waals surface area contributed by atoms with E-state index in [2.05, 4.69) is 58.7 Å². The van der Waals surface area contributed by atoms with Crippen molar-refractivity contribution in [2.24, 2.45) is 11.3 Å². The number of likely N-dealkylation sites (tertiary alicyclic amines) is 1. The molecule has 0 aliphatic carbocycles. The van der Waals surface area contributed by atoms with E-state index in [0.717, 1.165) is 18.5 Å². The minimum Gasteiger partial charge on any atom is -0.311 e. The topological polar surface area (TPSA) is 15.3 Å². The predicted molar refractivity (Wildman–Crippen MR) is 90.2 cm³/mol. The maximum Gasteiger partial charge on any atom is 0.00967 e. The van der Waals surface area contributed by atoms with Gasteiger partial charge in [-0.15, -0.1) is 0 Å². The van der Waals surface area contributed by atoms with Crippen molar-refractivity contribution in [2.75, 3.05) is 19.6 Å². The normalized spacial score (nSPS) is 25.9. The third kappa shape index (κ3) is 5.04. The van der Waals surface area contributed by atoms with Gasteiger partial charge in [0.15, 0.2) is 0 Å². The molecule has 1 N–H and O–H groups in total. The summed E-state index contributed by atoms with van der Waals surface area (Å²) in [6.45, 7) is 20.1. The highest BCUT2D eigenvalue weighted by atomic mass is 15.2. The van der Waals surface area contributed by atoms with Gasteiger partial charge in [-0.25, -0.2) is 0 Å². The zero-order valence-electron chi connectivity index (χ0n) is 15.1. The molecule has 0 bridgehead atoms. The average molecular weight is 283 g/mol. The van der Waals surface area contributed by atoms with E-state index in [-0.39, 0.29) is 5.54 Å². The lowest BCUT2D eigenvalue weighted by Crippen LogP contribution is -2.52. The molecule has 20 heavy (non-hydrogen) atoms. The van der Waals surface area contributed by atoms with Gasteiger partial charge >= 0.3 is 0 Å². The molecule has 1 aliphatic heterocycles. The number of nitrogens with one attached hydrogen (secondary N) is 1. The molecule has 2 atom stereocenters. The first-order valence-corrected chi connectivity index (χ1v) is 8.72. The predicted octanol–water partition coefficient (Wildman–Crippen LogP) is 4.30. The van der Waals surface area contributed by atoms with Crippen LogP contribution in [0.4, 0.5) is 0 Å². The van der Waals surface area contributed by atoms with E-state index >= 15 is 0 Å². The van der Waals surface area contributed by atoms with Crippen molar-refractivity contribution in [3.63, 3.8) is 0 Å². The van der Waals surface area contributed by atoms with Gasteiger partial charge < -0.3 is 5.32 Å². The van der Waals surface area contributed by atoms with E-state index in [1.54, 1.807) is 0 Å². The van der Waals surface area contributed by atoms with Gasteiger partial charge in [-0.2, -0.15) is 0 Å². The van der Waals surface area contributed by atoms with E-state index in [9.17, 15) is 0 Å². The fourth-order valence-electron chi connectivity index (χ4n) is 3.31. The fraction of sp³-hybridized carbons (Fsp3) is 1.00. The summed E-state index contributed by atoms with van der Waals surface area (Å²) in [5.74, 6) is 0.853. The van der Waals surface area contributed by atoms with E-state index in [1.165, 1.54) is 38.8 Å². The van der Waals surface area contributed by atoms with Gasteiger partial charge in [0.05, 0.1) is 0 Å². The summed E-state index contributed by atoms with van der Waals surface area (Å²) in [7, 11) is 0. The molecule has 1 rings (SSSR count). The zero-order valence-corrected chi connectivity index (χ0v) is 15.1. The molecule has 0 amide bonds. The lowest BCUT2D eigenvalue weighted by molar-refractivity contribution is 0.0512. The molecule has 1 fully saturated rings. The van der Waals surface area contributed by atoms with Crippen molar-refractivity contribution in [3.05, 3.63) is 0 Å². The fourth-order valence-corrected chi connectivity index (χ4v) is 3.31. The molecule has 1 aliphatic rings. The van der Waals surface area contributed by atoms with Gasteiger partial charge in [0, 0.05) is 24.7 Å². The van der Waals surface area contributed by atoms with E-state index in [1.807, 2.05) is 0 Å². The van der Waals surface area contributed by atoms with Crippen LogP contribution in [0.2, 0.25) is 0 Å². The monoisotopic (exact) mass is 282 g/mol. The molecular formula is C18H38N2. The van der Waals surface area contributed by atoms with Crippen molar-refractivity contribution in [2.45, 2.75) is 85.7 Å². The molecule has 0 aromatic heterocycles. The molecular weight excluding hydrogens is 244 g/mol. The Morgan fingerprint density at radius 1 is 1.10 bits per heavy atom. The highest BCUT2D eigenvalue weighted by Crippen LogP contribution is 2.32. The van der Waals surface area contributed by atoms with Gasteiger partial charge in [0.1, 0.15) is 0 Å². The molecule has 0 saturated carbocycles. The second-order valence-electron chi connectivity index (χ2n) is 8.14. The van der Waals surface area contributed by atoms with Crippen LogP contribution in [0.5, 0.6) is 0 Å². The summed E-state index contributed by atoms with van der Waals surface area (Å²) < 4.78 is 0. The largest absolute Gasteiger partial charge is 0.311 e. The number of hydrogen-bond acceptors (Lipinski definition) is 2. The van der Waals surface area contributed by atoms with Crippen LogP contribution < -0.4 is 5.32 Å². The Morgan fingerprint density at radius 2 is 1.70 bits per heavy atom. The Hall–Kier alpha value is -0.0800. The van der Waals surface area contributed by atoms with Gasteiger partial charge in [0.25, 0.3) is 0 Å². The summed E-state index contributed by atoms with van der Waals surface area (Å²) in [5.41, 5.74) is 0.648. The highest BCUT2D eigenvalue weighted by Gasteiger charge is 2.34. The third-order valence-corrected chi connectivity index (χ3v) is 5.54. The van der Waals surface area contributed by atoms with Gasteiger partial charge in [-0.05, 0) is 71.3 Å². The maximum atomic E-state index is 3.75. The maximum absolute atomic E-state index is 3.75. The lowest BCUT2D eigenvalue weighted by atomic mass is 9.79. The van der Waals surface area contributed by atoms with E-state index in [0.29, 0.717) is 5.41 Å². The molecule has 2 unspecified atom stereocenters. The smallest absolute Gasteiger partial charge is 0.00967 e. The van der Waals surface area contributed by atoms with Gasteiger partial charge in [-0.3, -0.25) is 4.90 Å². The van der Waals surface area contributed by atoms with E-state index in [4.69, 9.17) is 0 Å². The van der Waals surface area contributed by atoms with Crippen LogP contribution in [0.15, 0.2) is 0 Å². The molecule has 2 nitrogen and oxygen atoms in total. The Bertz CT molecular complexity index is 276. The summed E-state index contributed by atoms with van der Waals surface area (Å²) in [4.78, 5) is 2.76. The van der Waals surface area contributed by atoms with Crippen LogP contribution in [0.1, 0.15) is 74.1 Å². The second kappa shape index (κ2) is 7.26. The van der Waals surface area contributed by atoms with Gasteiger partial charge in [0.2, 0.25) is 0 Å². The molecule has 0 aromatic carbocycles. The number of piperidine rings is 1. The van der Waals surface area contributed by atoms with Crippen molar-refractivity contribution < 1.29 is 0 Å². The van der Waals surface area contributed by atoms with Crippen LogP contribution in [0.3, 0.4) is 0 Å². The van der Waals surface area contributed by atoms with Gasteiger partial charge in [-0.1, -0.05) is 20.8 Å². The van der Waals surface area contributed by atoms with Crippen LogP contribution in [-0.2, 0) is 0 Å². The summed E-state index contributed by atoms with van der Waals surface area (Å²) >= 11 is 0. The standard InChI is InChI=1S/C18H38N2/c1-8-18(9-2,13-19-17(5,6)7)14-20-12-10-11-15(3)16(20)4/h15-16,19H,8-14H2,1-7H3. The zero-order chi connectivity index (χ0) is 15.4. The average Bonchev–Trinajstić information content (AvgIpc) is 2.39. The molecule has 0 radical (unpaired) electrons. The number of hydrogen-bond donors (Lipinski definition) is 1. The number of rotatable bonds is 6. The van der Waals surface area contributed by atoms with Crippen LogP contribution >= 0.6 is 0 Å². The first-order valence-electron chi connectivity index (χ1n) is 8.72. The van der Waals surface area contributed by atoms with Crippen molar-refractivity contribution >= 4 is 0 Å². The second-order valence-corrected chi connectivity index (χ2v) is 8.14. The third-order valence-electron chi connectivity index (χ3n) is 5.54. The first-order chi connectivity index (χ1) is 9.23. The summed E-state index contributed by atoms with van der Waals surface area (Å²) in [5, 5.41) is 3.75. The molecule has 1 heterocycles. The minimum atomic E-state index is 0.219. The quantitative estimate of drug-likeness (QED) is 0.781. The van der Waals surface area contributed by atoms with E-state index < -0.39 is 0 Å². The Labute approximate surface area is 127 Å². The summed E-state index contributed by atoms with van der Waals surface area (Å²) in [6.07, 6.45) is 5.32. The summed E-state index contributed by atoms with van der Waals surface area (Å²) in [6, 6.07) is 0.746. The SMILES string of the molecule is CCC(CC)(CNC(C)(C)C)CN1CCCC(C)C1C.